The van der Waals surface area contributed by atoms with Gasteiger partial charge in [-0.05, 0) is 25.3 Å². The first-order valence-corrected chi connectivity index (χ1v) is 6.48. The third kappa shape index (κ3) is 2.64. The predicted molar refractivity (Wildman–Crippen MR) is 70.2 cm³/mol. The fraction of sp³-hybridized carbons (Fsp3) is 0.333. The van der Waals surface area contributed by atoms with Gasteiger partial charge >= 0.3 is 0 Å². The van der Waals surface area contributed by atoms with Gasteiger partial charge in [0.2, 0.25) is 0 Å². The minimum Gasteiger partial charge on any atom is -0.301 e. The van der Waals surface area contributed by atoms with Gasteiger partial charge in [0.15, 0.2) is 5.16 Å². The van der Waals surface area contributed by atoms with Gasteiger partial charge in [0.1, 0.15) is 0 Å². The van der Waals surface area contributed by atoms with E-state index in [1.165, 1.54) is 11.8 Å². The molecule has 0 aliphatic heterocycles. The van der Waals surface area contributed by atoms with Crippen LogP contribution in [0.1, 0.15) is 19.4 Å². The molecule has 0 fully saturated rings. The second kappa shape index (κ2) is 5.70. The van der Waals surface area contributed by atoms with Crippen LogP contribution in [0.4, 0.5) is 0 Å². The highest BCUT2D eigenvalue weighted by molar-refractivity contribution is 7.98. The molecule has 0 radical (unpaired) electrons. The predicted octanol–water partition coefficient (Wildman–Crippen LogP) is 2.98. The van der Waals surface area contributed by atoms with Crippen LogP contribution < -0.4 is 5.56 Å². The zero-order chi connectivity index (χ0) is 12.1. The van der Waals surface area contributed by atoms with Crippen molar-refractivity contribution in [2.24, 2.45) is 0 Å². The van der Waals surface area contributed by atoms with Crippen LogP contribution in [-0.2, 0) is 0 Å². The molecule has 0 aliphatic carbocycles. The van der Waals surface area contributed by atoms with Crippen LogP contribution in [-0.4, -0.2) is 16.2 Å². The minimum absolute atomic E-state index is 0.0666. The molecule has 0 spiro atoms. The molecular weight excluding hydrogens is 220 g/mol. The number of hydrogen-bond acceptors (Lipinski definition) is 3. The monoisotopic (exact) mass is 236 g/mol. The molecule has 0 saturated heterocycles. The van der Waals surface area contributed by atoms with E-state index in [0.717, 1.165) is 11.1 Å². The highest BCUT2D eigenvalue weighted by atomic mass is 32.2. The molecule has 1 heterocycles. The summed E-state index contributed by atoms with van der Waals surface area (Å²) in [5, 5.41) is 1.31. The van der Waals surface area contributed by atoms with Crippen LogP contribution in [0, 0.1) is 6.92 Å². The maximum Gasteiger partial charge on any atom is 0.259 e. The minimum atomic E-state index is -0.0666. The maximum atomic E-state index is 11.6. The molecule has 0 atom stereocenters. The lowest BCUT2D eigenvalue weighted by molar-refractivity contribution is 0.977. The molecule has 0 amide bonds. The first kappa shape index (κ1) is 12.8. The van der Waals surface area contributed by atoms with Crippen LogP contribution in [0.15, 0.2) is 28.2 Å². The molecule has 0 bridgehead atoms. The number of fused-ring (bicyclic) bond motifs is 1. The third-order valence-corrected chi connectivity index (χ3v) is 2.61. The second-order valence-corrected chi connectivity index (χ2v) is 3.89. The highest BCUT2D eigenvalue weighted by Crippen LogP contribution is 2.13. The van der Waals surface area contributed by atoms with Gasteiger partial charge in [0, 0.05) is 0 Å². The van der Waals surface area contributed by atoms with Crippen molar-refractivity contribution < 1.29 is 0 Å². The number of aromatic amines is 1. The normalized spacial score (nSPS) is 9.75. The lowest BCUT2D eigenvalue weighted by Gasteiger charge is -2.00. The van der Waals surface area contributed by atoms with E-state index in [1.807, 2.05) is 45.2 Å². The molecule has 0 saturated carbocycles. The van der Waals surface area contributed by atoms with Crippen molar-refractivity contribution in [3.05, 3.63) is 34.1 Å². The van der Waals surface area contributed by atoms with Crippen molar-refractivity contribution in [3.8, 4) is 0 Å². The van der Waals surface area contributed by atoms with Crippen molar-refractivity contribution in [2.45, 2.75) is 25.9 Å². The number of nitrogens with one attached hydrogen (secondary N) is 1. The summed E-state index contributed by atoms with van der Waals surface area (Å²) in [5.74, 6) is 0. The molecule has 0 aliphatic rings. The van der Waals surface area contributed by atoms with E-state index in [4.69, 9.17) is 0 Å². The van der Waals surface area contributed by atoms with E-state index in [9.17, 15) is 4.79 Å². The molecule has 2 aromatic rings. The standard InChI is InChI=1S/C10H10N2OS.C2H6/c1-6-3-4-8-7(5-6)9(13)12-10(11-8)14-2;1-2/h3-5H,1-2H3,(H,11,12,13);1-2H3. The number of aromatic nitrogens is 2. The van der Waals surface area contributed by atoms with E-state index in [2.05, 4.69) is 9.97 Å². The molecule has 1 aromatic heterocycles. The molecule has 16 heavy (non-hydrogen) atoms. The average Bonchev–Trinajstić information content (AvgIpc) is 2.32. The fourth-order valence-corrected chi connectivity index (χ4v) is 1.71. The first-order valence-electron chi connectivity index (χ1n) is 5.25. The molecule has 1 aromatic carbocycles. The zero-order valence-electron chi connectivity index (χ0n) is 10.00. The summed E-state index contributed by atoms with van der Waals surface area (Å²) in [5.41, 5.74) is 1.76. The maximum absolute atomic E-state index is 11.6. The molecule has 86 valence electrons. The van der Waals surface area contributed by atoms with Gasteiger partial charge in [-0.1, -0.05) is 37.2 Å². The molecular formula is C12H16N2OS. The van der Waals surface area contributed by atoms with E-state index in [0.29, 0.717) is 10.5 Å². The van der Waals surface area contributed by atoms with Gasteiger partial charge in [-0.25, -0.2) is 4.98 Å². The van der Waals surface area contributed by atoms with Gasteiger partial charge in [0.05, 0.1) is 10.9 Å². The summed E-state index contributed by atoms with van der Waals surface area (Å²) in [6, 6.07) is 5.68. The Kier molecular flexibility index (Phi) is 4.55. The van der Waals surface area contributed by atoms with Crippen LogP contribution >= 0.6 is 11.8 Å². The zero-order valence-corrected chi connectivity index (χ0v) is 10.8. The number of benzene rings is 1. The van der Waals surface area contributed by atoms with Gasteiger partial charge < -0.3 is 4.98 Å². The SMILES string of the molecule is CC.CSc1nc2ccc(C)cc2c(=O)[nH]1. The molecule has 3 nitrogen and oxygen atoms in total. The Morgan fingerprint density at radius 1 is 1.31 bits per heavy atom. The van der Waals surface area contributed by atoms with E-state index in [1.54, 1.807) is 0 Å². The second-order valence-electron chi connectivity index (χ2n) is 3.10. The summed E-state index contributed by atoms with van der Waals surface area (Å²) in [4.78, 5) is 18.6. The summed E-state index contributed by atoms with van der Waals surface area (Å²) >= 11 is 1.44. The van der Waals surface area contributed by atoms with Gasteiger partial charge in [-0.15, -0.1) is 0 Å². The number of hydrogen-bond donors (Lipinski definition) is 1. The summed E-state index contributed by atoms with van der Waals surface area (Å²) < 4.78 is 0. The Hall–Kier alpha value is -1.29. The molecule has 0 unspecified atom stereocenters. The lowest BCUT2D eigenvalue weighted by atomic mass is 10.2. The molecule has 1 N–H and O–H groups in total. The number of nitrogens with zero attached hydrogens (tertiary/aromatic N) is 1. The Morgan fingerprint density at radius 2 is 2.00 bits per heavy atom. The van der Waals surface area contributed by atoms with Crippen LogP contribution in [0.5, 0.6) is 0 Å². The van der Waals surface area contributed by atoms with E-state index < -0.39 is 0 Å². The Morgan fingerprint density at radius 3 is 2.62 bits per heavy atom. The number of aryl methyl sites for hydroxylation is 1. The quantitative estimate of drug-likeness (QED) is 0.611. The van der Waals surface area contributed by atoms with Crippen molar-refractivity contribution in [2.75, 3.05) is 6.26 Å². The topological polar surface area (TPSA) is 45.8 Å². The fourth-order valence-electron chi connectivity index (χ4n) is 1.33. The van der Waals surface area contributed by atoms with Crippen molar-refractivity contribution in [3.63, 3.8) is 0 Å². The van der Waals surface area contributed by atoms with Gasteiger partial charge in [-0.2, -0.15) is 0 Å². The summed E-state index contributed by atoms with van der Waals surface area (Å²) in [6.07, 6.45) is 1.89. The number of H-pyrrole nitrogens is 1. The molecule has 4 heteroatoms. The Labute approximate surface area is 99.3 Å². The number of rotatable bonds is 1. The molecule has 2 rings (SSSR count). The van der Waals surface area contributed by atoms with Gasteiger partial charge in [-0.3, -0.25) is 4.79 Å². The first-order chi connectivity index (χ1) is 7.70. The van der Waals surface area contributed by atoms with E-state index in [-0.39, 0.29) is 5.56 Å². The van der Waals surface area contributed by atoms with Crippen LogP contribution in [0.25, 0.3) is 10.9 Å². The van der Waals surface area contributed by atoms with Gasteiger partial charge in [0.25, 0.3) is 5.56 Å². The number of thioether (sulfide) groups is 1. The Balaban J connectivity index is 0.000000606. The largest absolute Gasteiger partial charge is 0.301 e. The Bertz CT molecular complexity index is 534. The van der Waals surface area contributed by atoms with E-state index >= 15 is 0 Å². The highest BCUT2D eigenvalue weighted by Gasteiger charge is 2.02. The van der Waals surface area contributed by atoms with Crippen molar-refractivity contribution in [1.82, 2.24) is 9.97 Å². The lowest BCUT2D eigenvalue weighted by Crippen LogP contribution is -2.08. The summed E-state index contributed by atoms with van der Waals surface area (Å²) in [7, 11) is 0. The smallest absolute Gasteiger partial charge is 0.259 e. The average molecular weight is 236 g/mol. The van der Waals surface area contributed by atoms with Crippen molar-refractivity contribution in [1.29, 1.82) is 0 Å². The van der Waals surface area contributed by atoms with Crippen LogP contribution in [0.3, 0.4) is 0 Å². The van der Waals surface area contributed by atoms with Crippen molar-refractivity contribution >= 4 is 22.7 Å². The van der Waals surface area contributed by atoms with Crippen LogP contribution in [0.2, 0.25) is 0 Å². The summed E-state index contributed by atoms with van der Waals surface area (Å²) in [6.45, 7) is 5.96. The third-order valence-electron chi connectivity index (χ3n) is 2.03.